The molecule has 1 atom stereocenters. The molecule has 0 aliphatic carbocycles. The van der Waals surface area contributed by atoms with Crippen molar-refractivity contribution >= 4 is 11.0 Å². The van der Waals surface area contributed by atoms with Crippen molar-refractivity contribution in [3.8, 4) is 23.0 Å². The molecule has 10 heteroatoms. The highest BCUT2D eigenvalue weighted by Gasteiger charge is 2.35. The molecule has 0 fully saturated rings. The topological polar surface area (TPSA) is 77.9 Å². The predicted molar refractivity (Wildman–Crippen MR) is 111 cm³/mol. The second kappa shape index (κ2) is 7.63. The van der Waals surface area contributed by atoms with Gasteiger partial charge in [-0.25, -0.2) is 9.67 Å². The van der Waals surface area contributed by atoms with Gasteiger partial charge in [-0.15, -0.1) is 0 Å². The minimum absolute atomic E-state index is 0.0496. The number of hydrogen-bond donors (Lipinski definition) is 1. The average Bonchev–Trinajstić information content (AvgIpc) is 3.34. The fraction of sp³-hybridized carbons (Fsp3) is 0.318. The third-order valence-corrected chi connectivity index (χ3v) is 5.41. The Kier molecular flexibility index (Phi) is 4.89. The second-order valence-electron chi connectivity index (χ2n) is 7.60. The number of benzene rings is 1. The minimum Gasteiger partial charge on any atom is -0.493 e. The first-order valence-electron chi connectivity index (χ1n) is 10.2. The highest BCUT2D eigenvalue weighted by molar-refractivity contribution is 5.78. The normalized spacial score (nSPS) is 16.3. The summed E-state index contributed by atoms with van der Waals surface area (Å²) in [6.07, 6.45) is -0.662. The zero-order valence-corrected chi connectivity index (χ0v) is 17.4. The highest BCUT2D eigenvalue weighted by Crippen LogP contribution is 2.39. The van der Waals surface area contributed by atoms with E-state index in [0.29, 0.717) is 30.2 Å². The summed E-state index contributed by atoms with van der Waals surface area (Å²) in [6, 6.07) is 5.61. The molecule has 0 amide bonds. The Morgan fingerprint density at radius 1 is 1.28 bits per heavy atom. The van der Waals surface area contributed by atoms with Crippen molar-refractivity contribution in [2.24, 2.45) is 0 Å². The molecule has 4 aromatic rings. The van der Waals surface area contributed by atoms with Gasteiger partial charge < -0.3 is 14.5 Å². The number of pyridine rings is 1. The fourth-order valence-corrected chi connectivity index (χ4v) is 3.93. The molecule has 166 valence electrons. The molecule has 3 aromatic heterocycles. The molecule has 0 bridgehead atoms. The maximum atomic E-state index is 13.4. The number of nitrogens with one attached hydrogen (secondary N) is 1. The highest BCUT2D eigenvalue weighted by atomic mass is 19.4. The summed E-state index contributed by atoms with van der Waals surface area (Å²) in [4.78, 5) is 11.9. The maximum absolute atomic E-state index is 13.4. The van der Waals surface area contributed by atoms with Gasteiger partial charge in [0.05, 0.1) is 53.5 Å². The Hall–Kier alpha value is -3.40. The van der Waals surface area contributed by atoms with Gasteiger partial charge >= 0.3 is 6.18 Å². The first-order valence-corrected chi connectivity index (χ1v) is 10.2. The number of fused-ring (bicyclic) bond motifs is 2. The maximum Gasteiger partial charge on any atom is 0.419 e. The molecule has 0 spiro atoms. The molecular formula is C22H20F3N5O2. The van der Waals surface area contributed by atoms with E-state index in [-0.39, 0.29) is 18.5 Å². The minimum atomic E-state index is -4.51. The Balaban J connectivity index is 1.67. The molecule has 0 radical (unpaired) electrons. The molecule has 0 saturated carbocycles. The summed E-state index contributed by atoms with van der Waals surface area (Å²) in [5, 5.41) is 4.74. The molecule has 32 heavy (non-hydrogen) atoms. The third kappa shape index (κ3) is 3.50. The van der Waals surface area contributed by atoms with Gasteiger partial charge in [0.15, 0.2) is 5.82 Å². The van der Waals surface area contributed by atoms with E-state index in [1.54, 1.807) is 30.1 Å². The zero-order valence-electron chi connectivity index (χ0n) is 17.4. The van der Waals surface area contributed by atoms with Gasteiger partial charge in [-0.05, 0) is 32.0 Å². The van der Waals surface area contributed by atoms with Gasteiger partial charge in [0.1, 0.15) is 11.4 Å². The van der Waals surface area contributed by atoms with Crippen molar-refractivity contribution < 1.29 is 22.6 Å². The summed E-state index contributed by atoms with van der Waals surface area (Å²) in [6.45, 7) is 4.05. The number of hydrogen-bond acceptors (Lipinski definition) is 5. The van der Waals surface area contributed by atoms with Crippen LogP contribution in [0.4, 0.5) is 13.2 Å². The molecular weight excluding hydrogens is 423 g/mol. The van der Waals surface area contributed by atoms with Crippen molar-refractivity contribution in [2.45, 2.75) is 39.2 Å². The molecule has 7 nitrogen and oxygen atoms in total. The number of alkyl halides is 3. The molecule has 1 unspecified atom stereocenters. The predicted octanol–water partition coefficient (Wildman–Crippen LogP) is 4.69. The van der Waals surface area contributed by atoms with Gasteiger partial charge in [-0.3, -0.25) is 4.98 Å². The Bertz CT molecular complexity index is 1260. The molecule has 0 saturated heterocycles. The molecule has 1 aromatic carbocycles. The third-order valence-electron chi connectivity index (χ3n) is 5.41. The number of rotatable bonds is 4. The Labute approximate surface area is 181 Å². The SMILES string of the molecule is CCOc1cc(-n2nc(-c3nc4ccncc4[nH]3)c3c2CC(C)OC3)ccc1C(F)(F)F. The van der Waals surface area contributed by atoms with E-state index >= 15 is 0 Å². The molecule has 1 aliphatic rings. The van der Waals surface area contributed by atoms with E-state index in [4.69, 9.17) is 14.6 Å². The Morgan fingerprint density at radius 3 is 2.88 bits per heavy atom. The number of ether oxygens (including phenoxy) is 2. The van der Waals surface area contributed by atoms with Crippen LogP contribution in [0.15, 0.2) is 36.7 Å². The summed E-state index contributed by atoms with van der Waals surface area (Å²) in [5.74, 6) is 0.330. The van der Waals surface area contributed by atoms with Gasteiger partial charge in [0, 0.05) is 24.2 Å². The first-order chi connectivity index (χ1) is 15.3. The molecule has 5 rings (SSSR count). The van der Waals surface area contributed by atoms with E-state index in [1.165, 1.54) is 12.1 Å². The van der Waals surface area contributed by atoms with Crippen LogP contribution >= 0.6 is 0 Å². The largest absolute Gasteiger partial charge is 0.493 e. The van der Waals surface area contributed by atoms with E-state index in [9.17, 15) is 13.2 Å². The lowest BCUT2D eigenvalue weighted by Crippen LogP contribution is -2.21. The zero-order chi connectivity index (χ0) is 22.5. The first kappa shape index (κ1) is 20.5. The van der Waals surface area contributed by atoms with Crippen molar-refractivity contribution in [1.29, 1.82) is 0 Å². The lowest BCUT2D eigenvalue weighted by molar-refractivity contribution is -0.138. The second-order valence-corrected chi connectivity index (χ2v) is 7.60. The van der Waals surface area contributed by atoms with Crippen molar-refractivity contribution in [3.63, 3.8) is 0 Å². The lowest BCUT2D eigenvalue weighted by atomic mass is 10.0. The monoisotopic (exact) mass is 443 g/mol. The lowest BCUT2D eigenvalue weighted by Gasteiger charge is -2.21. The molecule has 4 heterocycles. The molecule has 1 N–H and O–H groups in total. The average molecular weight is 443 g/mol. The number of H-pyrrole nitrogens is 1. The number of aromatic amines is 1. The van der Waals surface area contributed by atoms with Crippen LogP contribution in [-0.4, -0.2) is 37.4 Å². The van der Waals surface area contributed by atoms with Crippen LogP contribution in [0.5, 0.6) is 5.75 Å². The summed E-state index contributed by atoms with van der Waals surface area (Å²) in [5.41, 5.74) is 3.51. The fourth-order valence-electron chi connectivity index (χ4n) is 3.93. The van der Waals surface area contributed by atoms with Crippen LogP contribution < -0.4 is 4.74 Å². The van der Waals surface area contributed by atoms with E-state index in [1.807, 2.05) is 6.92 Å². The number of aromatic nitrogens is 5. The Morgan fingerprint density at radius 2 is 2.12 bits per heavy atom. The van der Waals surface area contributed by atoms with Crippen LogP contribution in [0.3, 0.4) is 0 Å². The summed E-state index contributed by atoms with van der Waals surface area (Å²) >= 11 is 0. The quantitative estimate of drug-likeness (QED) is 0.495. The van der Waals surface area contributed by atoms with Crippen molar-refractivity contribution in [1.82, 2.24) is 24.7 Å². The van der Waals surface area contributed by atoms with E-state index in [0.717, 1.165) is 28.4 Å². The van der Waals surface area contributed by atoms with Gasteiger partial charge in [-0.2, -0.15) is 18.3 Å². The summed E-state index contributed by atoms with van der Waals surface area (Å²) in [7, 11) is 0. The number of imidazole rings is 1. The van der Waals surface area contributed by atoms with E-state index < -0.39 is 11.7 Å². The number of halogens is 3. The van der Waals surface area contributed by atoms with Crippen LogP contribution in [0, 0.1) is 0 Å². The van der Waals surface area contributed by atoms with Crippen LogP contribution in [0.1, 0.15) is 30.7 Å². The van der Waals surface area contributed by atoms with Gasteiger partial charge in [0.2, 0.25) is 0 Å². The van der Waals surface area contributed by atoms with Crippen LogP contribution in [0.25, 0.3) is 28.2 Å². The smallest absolute Gasteiger partial charge is 0.419 e. The van der Waals surface area contributed by atoms with Crippen LogP contribution in [0.2, 0.25) is 0 Å². The van der Waals surface area contributed by atoms with Crippen molar-refractivity contribution in [2.75, 3.05) is 6.61 Å². The van der Waals surface area contributed by atoms with Gasteiger partial charge in [-0.1, -0.05) is 0 Å². The molecule has 1 aliphatic heterocycles. The van der Waals surface area contributed by atoms with Crippen molar-refractivity contribution in [3.05, 3.63) is 53.5 Å². The standard InChI is InChI=1S/C22H20F3N5O2/c1-3-31-19-9-13(4-5-15(19)22(23,24)25)30-18-8-12(2)32-11-14(18)20(29-30)21-27-16-6-7-26-10-17(16)28-21/h4-7,9-10,12H,3,8,11H2,1-2H3,(H,27,28). The van der Waals surface area contributed by atoms with E-state index in [2.05, 4.69) is 15.0 Å². The van der Waals surface area contributed by atoms with Crippen LogP contribution in [-0.2, 0) is 23.9 Å². The summed E-state index contributed by atoms with van der Waals surface area (Å²) < 4.78 is 53.1. The van der Waals surface area contributed by atoms with Gasteiger partial charge in [0.25, 0.3) is 0 Å². The number of nitrogens with zero attached hydrogens (tertiary/aromatic N) is 4.